The fourth-order valence-electron chi connectivity index (χ4n) is 2.59. The van der Waals surface area contributed by atoms with E-state index in [0.29, 0.717) is 37.7 Å². The van der Waals surface area contributed by atoms with Crippen molar-refractivity contribution in [2.75, 3.05) is 13.2 Å². The number of carbonyl (C=O) groups is 1. The van der Waals surface area contributed by atoms with Crippen LogP contribution in [-0.4, -0.2) is 29.6 Å². The smallest absolute Gasteiger partial charge is 0.240 e. The Kier molecular flexibility index (Phi) is 5.99. The Morgan fingerprint density at radius 3 is 2.62 bits per heavy atom. The zero-order chi connectivity index (χ0) is 16.3. The molecule has 2 aromatic rings. The summed E-state index contributed by atoms with van der Waals surface area (Å²) in [6.07, 6.45) is 2.71. The number of carbonyl (C=O) groups excluding carboxylic acids is 1. The van der Waals surface area contributed by atoms with E-state index in [1.165, 1.54) is 0 Å². The molecular formula is C17H22ClN3O3. The molecule has 0 saturated carbocycles. The Morgan fingerprint density at radius 1 is 1.29 bits per heavy atom. The van der Waals surface area contributed by atoms with Crippen molar-refractivity contribution < 1.29 is 13.9 Å². The first kappa shape index (κ1) is 18.4. The van der Waals surface area contributed by atoms with Crippen molar-refractivity contribution in [1.82, 2.24) is 10.3 Å². The normalized spacial score (nSPS) is 17.6. The van der Waals surface area contributed by atoms with Crippen LogP contribution in [0.5, 0.6) is 0 Å². The lowest BCUT2D eigenvalue weighted by Gasteiger charge is -2.32. The number of ether oxygens (including phenoxy) is 1. The number of nitrogens with one attached hydrogen (secondary N) is 1. The summed E-state index contributed by atoms with van der Waals surface area (Å²) >= 11 is 0. The second-order valence-corrected chi connectivity index (χ2v) is 5.89. The molecule has 1 aromatic heterocycles. The van der Waals surface area contributed by atoms with Crippen molar-refractivity contribution in [3.63, 3.8) is 0 Å². The maximum Gasteiger partial charge on any atom is 0.240 e. The molecule has 0 radical (unpaired) electrons. The molecule has 1 aromatic carbocycles. The number of hydrogen-bond donors (Lipinski definition) is 2. The highest BCUT2D eigenvalue weighted by Gasteiger charge is 2.36. The summed E-state index contributed by atoms with van der Waals surface area (Å²) in [5.74, 6) is 0.954. The predicted molar refractivity (Wildman–Crippen MR) is 92.7 cm³/mol. The molecule has 24 heavy (non-hydrogen) atoms. The van der Waals surface area contributed by atoms with E-state index < -0.39 is 5.54 Å². The average molecular weight is 352 g/mol. The van der Waals surface area contributed by atoms with E-state index in [2.05, 4.69) is 10.3 Å². The summed E-state index contributed by atoms with van der Waals surface area (Å²) in [5.41, 5.74) is 6.26. The summed E-state index contributed by atoms with van der Waals surface area (Å²) in [4.78, 5) is 16.7. The standard InChI is InChI=1S/C17H21N3O3.ClH/c1-12(20-16(21)17(18)7-9-22-10-8-17)15-19-11-14(23-15)13-5-3-2-4-6-13;/h2-6,11-12H,7-10,18H2,1H3,(H,20,21);1H. The van der Waals surface area contributed by atoms with E-state index in [9.17, 15) is 4.79 Å². The SMILES string of the molecule is CC(NC(=O)C1(N)CCOCC1)c1ncc(-c2ccccc2)o1.Cl. The van der Waals surface area contributed by atoms with Crippen molar-refractivity contribution in [2.45, 2.75) is 31.3 Å². The fraction of sp³-hybridized carbons (Fsp3) is 0.412. The monoisotopic (exact) mass is 351 g/mol. The first-order valence-corrected chi connectivity index (χ1v) is 7.77. The van der Waals surface area contributed by atoms with E-state index >= 15 is 0 Å². The van der Waals surface area contributed by atoms with E-state index in [-0.39, 0.29) is 24.4 Å². The second-order valence-electron chi connectivity index (χ2n) is 5.89. The van der Waals surface area contributed by atoms with Crippen molar-refractivity contribution in [3.8, 4) is 11.3 Å². The predicted octanol–water partition coefficient (Wildman–Crippen LogP) is 2.45. The van der Waals surface area contributed by atoms with E-state index in [1.807, 2.05) is 37.3 Å². The highest BCUT2D eigenvalue weighted by atomic mass is 35.5. The molecule has 6 nitrogen and oxygen atoms in total. The number of rotatable bonds is 4. The number of amides is 1. The molecule has 1 amide bonds. The van der Waals surface area contributed by atoms with Crippen LogP contribution in [0.15, 0.2) is 40.9 Å². The number of hydrogen-bond acceptors (Lipinski definition) is 5. The summed E-state index contributed by atoms with van der Waals surface area (Å²) < 4.78 is 11.0. The van der Waals surface area contributed by atoms with Crippen molar-refractivity contribution in [3.05, 3.63) is 42.4 Å². The van der Waals surface area contributed by atoms with E-state index in [4.69, 9.17) is 14.9 Å². The second kappa shape index (κ2) is 7.79. The summed E-state index contributed by atoms with van der Waals surface area (Å²) in [6, 6.07) is 9.37. The molecule has 2 heterocycles. The zero-order valence-corrected chi connectivity index (χ0v) is 14.3. The minimum atomic E-state index is -0.874. The first-order chi connectivity index (χ1) is 11.1. The highest BCUT2D eigenvalue weighted by molar-refractivity contribution is 5.86. The Hall–Kier alpha value is -1.89. The van der Waals surface area contributed by atoms with Gasteiger partial charge < -0.3 is 20.2 Å². The van der Waals surface area contributed by atoms with Crippen LogP contribution < -0.4 is 11.1 Å². The third-order valence-electron chi connectivity index (χ3n) is 4.14. The van der Waals surface area contributed by atoms with Gasteiger partial charge in [0.05, 0.1) is 11.7 Å². The quantitative estimate of drug-likeness (QED) is 0.883. The van der Waals surface area contributed by atoms with Crippen LogP contribution in [0.2, 0.25) is 0 Å². The van der Waals surface area contributed by atoms with Gasteiger partial charge in [-0.2, -0.15) is 0 Å². The molecule has 0 spiro atoms. The minimum Gasteiger partial charge on any atom is -0.438 e. The molecule has 0 bridgehead atoms. The lowest BCUT2D eigenvalue weighted by Crippen LogP contribution is -2.57. The van der Waals surface area contributed by atoms with Gasteiger partial charge in [0.1, 0.15) is 6.04 Å². The largest absolute Gasteiger partial charge is 0.438 e. The van der Waals surface area contributed by atoms with Crippen molar-refractivity contribution in [1.29, 1.82) is 0 Å². The van der Waals surface area contributed by atoms with Crippen molar-refractivity contribution in [2.24, 2.45) is 5.73 Å². The third-order valence-corrected chi connectivity index (χ3v) is 4.14. The van der Waals surface area contributed by atoms with Gasteiger partial charge in [0.2, 0.25) is 11.8 Å². The molecular weight excluding hydrogens is 330 g/mol. The van der Waals surface area contributed by atoms with Gasteiger partial charge in [-0.05, 0) is 19.8 Å². The summed E-state index contributed by atoms with van der Waals surface area (Å²) in [6.45, 7) is 2.85. The van der Waals surface area contributed by atoms with Gasteiger partial charge in [0.25, 0.3) is 0 Å². The van der Waals surface area contributed by atoms with Gasteiger partial charge in [-0.1, -0.05) is 30.3 Å². The first-order valence-electron chi connectivity index (χ1n) is 7.77. The zero-order valence-electron chi connectivity index (χ0n) is 13.5. The van der Waals surface area contributed by atoms with Crippen LogP contribution in [-0.2, 0) is 9.53 Å². The van der Waals surface area contributed by atoms with Crippen LogP contribution >= 0.6 is 12.4 Å². The molecule has 1 saturated heterocycles. The molecule has 1 fully saturated rings. The number of halogens is 1. The Labute approximate surface area is 147 Å². The van der Waals surface area contributed by atoms with Gasteiger partial charge in [-0.25, -0.2) is 4.98 Å². The lowest BCUT2D eigenvalue weighted by molar-refractivity contribution is -0.130. The van der Waals surface area contributed by atoms with E-state index in [0.717, 1.165) is 5.56 Å². The van der Waals surface area contributed by atoms with Crippen LogP contribution in [0, 0.1) is 0 Å². The van der Waals surface area contributed by atoms with Crippen LogP contribution in [0.3, 0.4) is 0 Å². The van der Waals surface area contributed by atoms with Gasteiger partial charge in [-0.15, -0.1) is 12.4 Å². The Morgan fingerprint density at radius 2 is 1.96 bits per heavy atom. The van der Waals surface area contributed by atoms with Gasteiger partial charge in [-0.3, -0.25) is 4.79 Å². The molecule has 3 rings (SSSR count). The third kappa shape index (κ3) is 3.95. The molecule has 0 aliphatic carbocycles. The number of nitrogens with two attached hydrogens (primary N) is 1. The number of benzene rings is 1. The van der Waals surface area contributed by atoms with E-state index in [1.54, 1.807) is 6.20 Å². The minimum absolute atomic E-state index is 0. The molecule has 130 valence electrons. The Bertz CT molecular complexity index is 669. The fourth-order valence-corrected chi connectivity index (χ4v) is 2.59. The molecule has 7 heteroatoms. The van der Waals surface area contributed by atoms with Gasteiger partial charge >= 0.3 is 0 Å². The Balaban J connectivity index is 0.00000208. The molecule has 1 unspecified atom stereocenters. The van der Waals surface area contributed by atoms with Crippen LogP contribution in [0.4, 0.5) is 0 Å². The molecule has 1 aliphatic heterocycles. The molecule has 1 atom stereocenters. The lowest BCUT2D eigenvalue weighted by atomic mass is 9.90. The highest BCUT2D eigenvalue weighted by Crippen LogP contribution is 2.24. The summed E-state index contributed by atoms with van der Waals surface area (Å²) in [5, 5.41) is 2.90. The average Bonchev–Trinajstić information content (AvgIpc) is 3.06. The van der Waals surface area contributed by atoms with Gasteiger partial charge in [0, 0.05) is 18.8 Å². The number of oxazole rings is 1. The topological polar surface area (TPSA) is 90.4 Å². The molecule has 3 N–H and O–H groups in total. The maximum atomic E-state index is 12.4. The number of aromatic nitrogens is 1. The number of nitrogens with zero attached hydrogens (tertiary/aromatic N) is 1. The summed E-state index contributed by atoms with van der Waals surface area (Å²) in [7, 11) is 0. The maximum absolute atomic E-state index is 12.4. The van der Waals surface area contributed by atoms with Gasteiger partial charge in [0.15, 0.2) is 5.76 Å². The van der Waals surface area contributed by atoms with Crippen LogP contribution in [0.25, 0.3) is 11.3 Å². The molecule has 1 aliphatic rings. The van der Waals surface area contributed by atoms with Crippen molar-refractivity contribution >= 4 is 18.3 Å². The van der Waals surface area contributed by atoms with Crippen LogP contribution in [0.1, 0.15) is 31.7 Å².